The van der Waals surface area contributed by atoms with Crippen LogP contribution in [0, 0.1) is 0 Å². The number of aromatic nitrogens is 1. The van der Waals surface area contributed by atoms with Crippen LogP contribution in [-0.4, -0.2) is 4.98 Å². The number of hydrogen-bond donors (Lipinski definition) is 2. The van der Waals surface area contributed by atoms with E-state index in [0.717, 1.165) is 5.00 Å². The number of nitrogen functional groups attached to an aromatic ring is 1. The molecule has 0 fully saturated rings. The second-order valence-electron chi connectivity index (χ2n) is 1.01. The van der Waals surface area contributed by atoms with Crippen LogP contribution in [0.5, 0.6) is 0 Å². The maximum absolute atomic E-state index is 5.01. The van der Waals surface area contributed by atoms with Crippen molar-refractivity contribution in [3.63, 3.8) is 0 Å². The van der Waals surface area contributed by atoms with E-state index in [2.05, 4.69) is 10.4 Å². The largest absolute Gasteiger partial charge is 0.314 e. The fourth-order valence-corrected chi connectivity index (χ4v) is 0.712. The smallest absolute Gasteiger partial charge is 0.122 e. The maximum Gasteiger partial charge on any atom is 0.122 e. The van der Waals surface area contributed by atoms with Crippen LogP contribution in [0.4, 0.5) is 5.00 Å². The molecule has 0 atom stereocenters. The van der Waals surface area contributed by atoms with E-state index in [9.17, 15) is 0 Å². The third kappa shape index (κ3) is 0.880. The van der Waals surface area contributed by atoms with Crippen molar-refractivity contribution in [2.24, 2.45) is 5.84 Å². The van der Waals surface area contributed by atoms with Crippen LogP contribution < -0.4 is 11.3 Å². The molecule has 3 N–H and O–H groups in total. The lowest BCUT2D eigenvalue weighted by molar-refractivity contribution is 1.35. The average Bonchev–Trinajstić information content (AvgIpc) is 2.14. The molecule has 4 heteroatoms. The minimum absolute atomic E-state index is 0.889. The summed E-state index contributed by atoms with van der Waals surface area (Å²) < 4.78 is 0. The van der Waals surface area contributed by atoms with Crippen LogP contribution in [0.25, 0.3) is 0 Å². The van der Waals surface area contributed by atoms with E-state index in [1.54, 1.807) is 11.7 Å². The summed E-state index contributed by atoms with van der Waals surface area (Å²) in [6, 6.07) is 0. The van der Waals surface area contributed by atoms with Gasteiger partial charge in [-0.15, -0.1) is 11.3 Å². The van der Waals surface area contributed by atoms with Gasteiger partial charge >= 0.3 is 0 Å². The molecule has 0 spiro atoms. The average molecular weight is 115 g/mol. The van der Waals surface area contributed by atoms with E-state index >= 15 is 0 Å². The Bertz CT molecular complexity index is 125. The van der Waals surface area contributed by atoms with Crippen molar-refractivity contribution in [1.82, 2.24) is 4.98 Å². The first-order valence-electron chi connectivity index (χ1n) is 1.78. The van der Waals surface area contributed by atoms with Crippen molar-refractivity contribution < 1.29 is 0 Å². The SMILES string of the molecule is NNc1cncs1. The molecule has 0 amide bonds. The minimum Gasteiger partial charge on any atom is -0.314 e. The van der Waals surface area contributed by atoms with Gasteiger partial charge in [-0.05, 0) is 0 Å². The van der Waals surface area contributed by atoms with Crippen molar-refractivity contribution in [2.75, 3.05) is 5.43 Å². The molecular weight excluding hydrogens is 110 g/mol. The Morgan fingerprint density at radius 2 is 2.71 bits per heavy atom. The van der Waals surface area contributed by atoms with Crippen molar-refractivity contribution in [1.29, 1.82) is 0 Å². The standard InChI is InChI=1S/C3H5N3S/c4-6-3-1-5-2-7-3/h1-2,6H,4H2. The minimum atomic E-state index is 0.889. The van der Waals surface area contributed by atoms with Crippen molar-refractivity contribution >= 4 is 16.3 Å². The molecule has 0 aliphatic rings. The molecule has 0 saturated heterocycles. The fourth-order valence-electron chi connectivity index (χ4n) is 0.287. The lowest BCUT2D eigenvalue weighted by atomic mass is 10.9. The van der Waals surface area contributed by atoms with Crippen LogP contribution in [0.2, 0.25) is 0 Å². The van der Waals surface area contributed by atoms with Crippen LogP contribution in [-0.2, 0) is 0 Å². The van der Waals surface area contributed by atoms with E-state index in [4.69, 9.17) is 5.84 Å². The van der Waals surface area contributed by atoms with Gasteiger partial charge in [0.2, 0.25) is 0 Å². The van der Waals surface area contributed by atoms with E-state index in [1.165, 1.54) is 11.3 Å². The summed E-state index contributed by atoms with van der Waals surface area (Å²) in [5.74, 6) is 5.01. The van der Waals surface area contributed by atoms with Crippen molar-refractivity contribution in [3.05, 3.63) is 11.7 Å². The van der Waals surface area contributed by atoms with Crippen LogP contribution >= 0.6 is 11.3 Å². The van der Waals surface area contributed by atoms with Crippen LogP contribution in [0.1, 0.15) is 0 Å². The number of nitrogens with zero attached hydrogens (tertiary/aromatic N) is 1. The summed E-state index contributed by atoms with van der Waals surface area (Å²) >= 11 is 1.48. The van der Waals surface area contributed by atoms with Gasteiger partial charge in [-0.3, -0.25) is 4.98 Å². The Morgan fingerprint density at radius 1 is 1.86 bits per heavy atom. The van der Waals surface area contributed by atoms with Gasteiger partial charge in [0.25, 0.3) is 0 Å². The second kappa shape index (κ2) is 1.90. The summed E-state index contributed by atoms with van der Waals surface area (Å²) in [6.07, 6.45) is 1.67. The molecule has 0 aliphatic carbocycles. The maximum atomic E-state index is 5.01. The molecule has 1 rings (SSSR count). The predicted octanol–water partition coefficient (Wildman–Crippen LogP) is 0.429. The molecule has 3 nitrogen and oxygen atoms in total. The molecule has 1 heterocycles. The van der Waals surface area contributed by atoms with E-state index in [1.807, 2.05) is 0 Å². The second-order valence-corrected chi connectivity index (χ2v) is 1.90. The van der Waals surface area contributed by atoms with Gasteiger partial charge in [-0.25, -0.2) is 5.84 Å². The van der Waals surface area contributed by atoms with Gasteiger partial charge < -0.3 is 5.43 Å². The normalized spacial score (nSPS) is 8.71. The number of nitrogens with two attached hydrogens (primary N) is 1. The molecule has 0 aliphatic heterocycles. The topological polar surface area (TPSA) is 50.9 Å². The van der Waals surface area contributed by atoms with Gasteiger partial charge in [-0.1, -0.05) is 0 Å². The molecule has 0 aromatic carbocycles. The number of anilines is 1. The summed E-state index contributed by atoms with van der Waals surface area (Å²) in [4.78, 5) is 3.77. The number of nitrogens with one attached hydrogen (secondary N) is 1. The number of hydrazine groups is 1. The predicted molar refractivity (Wildman–Crippen MR) is 29.9 cm³/mol. The summed E-state index contributed by atoms with van der Waals surface area (Å²) in [7, 11) is 0. The molecule has 0 bridgehead atoms. The molecule has 0 unspecified atom stereocenters. The molecule has 7 heavy (non-hydrogen) atoms. The Labute approximate surface area is 45.2 Å². The fraction of sp³-hybridized carbons (Fsp3) is 0. The highest BCUT2D eigenvalue weighted by Gasteiger charge is 1.82. The van der Waals surface area contributed by atoms with Crippen LogP contribution in [0.3, 0.4) is 0 Å². The third-order valence-electron chi connectivity index (χ3n) is 0.575. The van der Waals surface area contributed by atoms with Gasteiger partial charge in [0.1, 0.15) is 5.00 Å². The number of rotatable bonds is 1. The zero-order chi connectivity index (χ0) is 5.11. The monoisotopic (exact) mass is 115 g/mol. The first kappa shape index (κ1) is 4.55. The first-order chi connectivity index (χ1) is 3.43. The van der Waals surface area contributed by atoms with Gasteiger partial charge in [0, 0.05) is 0 Å². The van der Waals surface area contributed by atoms with E-state index in [0.29, 0.717) is 0 Å². The zero-order valence-corrected chi connectivity index (χ0v) is 4.40. The molecule has 38 valence electrons. The lowest BCUT2D eigenvalue weighted by Crippen LogP contribution is -2.04. The highest BCUT2D eigenvalue weighted by molar-refractivity contribution is 7.13. The summed E-state index contributed by atoms with van der Waals surface area (Å²) in [5, 5.41) is 0.889. The lowest BCUT2D eigenvalue weighted by Gasteiger charge is -1.84. The molecule has 1 aromatic rings. The number of thiazole rings is 1. The third-order valence-corrected chi connectivity index (χ3v) is 1.28. The first-order valence-corrected chi connectivity index (χ1v) is 2.66. The van der Waals surface area contributed by atoms with Crippen molar-refractivity contribution in [2.45, 2.75) is 0 Å². The Morgan fingerprint density at radius 3 is 3.00 bits per heavy atom. The summed E-state index contributed by atoms with van der Waals surface area (Å²) in [5.41, 5.74) is 4.18. The highest BCUT2D eigenvalue weighted by atomic mass is 32.1. The molecular formula is C3H5N3S. The Hall–Kier alpha value is -0.610. The molecule has 1 aromatic heterocycles. The van der Waals surface area contributed by atoms with E-state index < -0.39 is 0 Å². The summed E-state index contributed by atoms with van der Waals surface area (Å²) in [6.45, 7) is 0. The van der Waals surface area contributed by atoms with Crippen molar-refractivity contribution in [3.8, 4) is 0 Å². The molecule has 0 radical (unpaired) electrons. The number of hydrogen-bond acceptors (Lipinski definition) is 4. The zero-order valence-electron chi connectivity index (χ0n) is 3.59. The van der Waals surface area contributed by atoms with E-state index in [-0.39, 0.29) is 0 Å². The van der Waals surface area contributed by atoms with Gasteiger partial charge in [-0.2, -0.15) is 0 Å². The highest BCUT2D eigenvalue weighted by Crippen LogP contribution is 2.08. The molecule has 0 saturated carbocycles. The Balaban J connectivity index is 2.76. The Kier molecular flexibility index (Phi) is 1.24. The van der Waals surface area contributed by atoms with Gasteiger partial charge in [0.15, 0.2) is 0 Å². The van der Waals surface area contributed by atoms with Crippen LogP contribution in [0.15, 0.2) is 11.7 Å². The quantitative estimate of drug-likeness (QED) is 0.412. The van der Waals surface area contributed by atoms with Gasteiger partial charge in [0.05, 0.1) is 11.7 Å².